The highest BCUT2D eigenvalue weighted by atomic mass is 16.4. The van der Waals surface area contributed by atoms with Gasteiger partial charge in [0.2, 0.25) is 0 Å². The van der Waals surface area contributed by atoms with Crippen molar-refractivity contribution in [2.24, 2.45) is 0 Å². The zero-order valence-corrected chi connectivity index (χ0v) is 12.8. The number of nitrogens with one attached hydrogen (secondary N) is 1. The molecule has 1 aliphatic rings. The third-order valence-electron chi connectivity index (χ3n) is 3.89. The molecule has 1 heterocycles. The van der Waals surface area contributed by atoms with Crippen LogP contribution in [0.2, 0.25) is 0 Å². The number of piperidine rings is 1. The Morgan fingerprint density at radius 3 is 2.70 bits per heavy atom. The average molecular weight is 285 g/mol. The highest BCUT2D eigenvalue weighted by Gasteiger charge is 2.31. The molecule has 1 rings (SSSR count). The van der Waals surface area contributed by atoms with E-state index in [9.17, 15) is 9.59 Å². The lowest BCUT2D eigenvalue weighted by Crippen LogP contribution is -2.52. The second-order valence-corrected chi connectivity index (χ2v) is 5.70. The Morgan fingerprint density at radius 1 is 1.40 bits per heavy atom. The number of rotatable bonds is 6. The van der Waals surface area contributed by atoms with Crippen molar-refractivity contribution >= 4 is 12.0 Å². The SMILES string of the molecule is CC(C)N(C)CCCNC(=O)N1CCCCC1C(=O)O. The van der Waals surface area contributed by atoms with Gasteiger partial charge in [0.25, 0.3) is 0 Å². The van der Waals surface area contributed by atoms with Crippen molar-refractivity contribution in [3.8, 4) is 0 Å². The molecule has 0 bridgehead atoms. The second kappa shape index (κ2) is 8.09. The molecule has 2 N–H and O–H groups in total. The third-order valence-corrected chi connectivity index (χ3v) is 3.89. The molecule has 6 nitrogen and oxygen atoms in total. The Morgan fingerprint density at radius 2 is 2.10 bits per heavy atom. The molecule has 0 spiro atoms. The minimum absolute atomic E-state index is 0.246. The highest BCUT2D eigenvalue weighted by Crippen LogP contribution is 2.17. The number of hydrogen-bond acceptors (Lipinski definition) is 3. The summed E-state index contributed by atoms with van der Waals surface area (Å²) in [4.78, 5) is 26.8. The highest BCUT2D eigenvalue weighted by molar-refractivity contribution is 5.82. The number of aliphatic carboxylic acids is 1. The summed E-state index contributed by atoms with van der Waals surface area (Å²) in [7, 11) is 2.05. The van der Waals surface area contributed by atoms with Crippen molar-refractivity contribution in [2.75, 3.05) is 26.7 Å². The summed E-state index contributed by atoms with van der Waals surface area (Å²) in [5.74, 6) is -0.903. The van der Waals surface area contributed by atoms with Crippen LogP contribution in [0.4, 0.5) is 4.79 Å². The van der Waals surface area contributed by atoms with E-state index in [1.54, 1.807) is 0 Å². The van der Waals surface area contributed by atoms with Gasteiger partial charge in [0.05, 0.1) is 0 Å². The van der Waals surface area contributed by atoms with Gasteiger partial charge >= 0.3 is 12.0 Å². The number of amides is 2. The molecule has 1 aliphatic heterocycles. The van der Waals surface area contributed by atoms with Crippen molar-refractivity contribution < 1.29 is 14.7 Å². The van der Waals surface area contributed by atoms with Crippen LogP contribution in [0.1, 0.15) is 39.5 Å². The van der Waals surface area contributed by atoms with Gasteiger partial charge in [0.15, 0.2) is 0 Å². The van der Waals surface area contributed by atoms with Crippen LogP contribution in [0.15, 0.2) is 0 Å². The van der Waals surface area contributed by atoms with Crippen LogP contribution in [0.5, 0.6) is 0 Å². The Balaban J connectivity index is 2.32. The van der Waals surface area contributed by atoms with Crippen LogP contribution < -0.4 is 5.32 Å². The van der Waals surface area contributed by atoms with Crippen LogP contribution in [-0.2, 0) is 4.79 Å². The Bertz CT molecular complexity index is 334. The first kappa shape index (κ1) is 16.8. The predicted octanol–water partition coefficient (Wildman–Crippen LogP) is 1.37. The maximum atomic E-state index is 12.0. The molecule has 0 aromatic carbocycles. The normalized spacial score (nSPS) is 19.4. The van der Waals surface area contributed by atoms with Gasteiger partial charge in [0, 0.05) is 19.1 Å². The summed E-state index contributed by atoms with van der Waals surface area (Å²) in [6.07, 6.45) is 3.18. The lowest BCUT2D eigenvalue weighted by Gasteiger charge is -2.33. The van der Waals surface area contributed by atoms with Crippen LogP contribution in [0.3, 0.4) is 0 Å². The lowest BCUT2D eigenvalue weighted by molar-refractivity contribution is -0.143. The van der Waals surface area contributed by atoms with Crippen LogP contribution >= 0.6 is 0 Å². The van der Waals surface area contributed by atoms with E-state index in [2.05, 4.69) is 31.1 Å². The average Bonchev–Trinajstić information content (AvgIpc) is 2.42. The minimum Gasteiger partial charge on any atom is -0.480 e. The number of nitrogens with zero attached hydrogens (tertiary/aromatic N) is 2. The van der Waals surface area contributed by atoms with Crippen molar-refractivity contribution in [1.82, 2.24) is 15.1 Å². The lowest BCUT2D eigenvalue weighted by atomic mass is 10.0. The summed E-state index contributed by atoms with van der Waals surface area (Å²) < 4.78 is 0. The van der Waals surface area contributed by atoms with Gasteiger partial charge in [-0.3, -0.25) is 0 Å². The van der Waals surface area contributed by atoms with Gasteiger partial charge in [0.1, 0.15) is 6.04 Å². The largest absolute Gasteiger partial charge is 0.480 e. The van der Waals surface area contributed by atoms with Crippen molar-refractivity contribution in [1.29, 1.82) is 0 Å². The molecule has 0 saturated carbocycles. The molecule has 1 atom stereocenters. The quantitative estimate of drug-likeness (QED) is 0.723. The fourth-order valence-electron chi connectivity index (χ4n) is 2.31. The number of likely N-dealkylation sites (tertiary alicyclic amines) is 1. The zero-order chi connectivity index (χ0) is 15.1. The minimum atomic E-state index is -0.903. The molecule has 6 heteroatoms. The third kappa shape index (κ3) is 5.00. The summed E-state index contributed by atoms with van der Waals surface area (Å²) >= 11 is 0. The molecule has 2 amide bonds. The van der Waals surface area contributed by atoms with E-state index < -0.39 is 12.0 Å². The number of urea groups is 1. The summed E-state index contributed by atoms with van der Waals surface area (Å²) in [5.41, 5.74) is 0. The maximum absolute atomic E-state index is 12.0. The molecule has 0 aliphatic carbocycles. The smallest absolute Gasteiger partial charge is 0.326 e. The van der Waals surface area contributed by atoms with Crippen LogP contribution in [-0.4, -0.2) is 65.7 Å². The second-order valence-electron chi connectivity index (χ2n) is 5.70. The van der Waals surface area contributed by atoms with Gasteiger partial charge in [-0.1, -0.05) is 0 Å². The van der Waals surface area contributed by atoms with E-state index in [0.717, 1.165) is 25.8 Å². The molecule has 116 valence electrons. The first-order chi connectivity index (χ1) is 9.43. The monoisotopic (exact) mass is 285 g/mol. The van der Waals surface area contributed by atoms with Crippen LogP contribution in [0.25, 0.3) is 0 Å². The van der Waals surface area contributed by atoms with E-state index in [-0.39, 0.29) is 6.03 Å². The van der Waals surface area contributed by atoms with Gasteiger partial charge in [-0.25, -0.2) is 9.59 Å². The van der Waals surface area contributed by atoms with Crippen LogP contribution in [0, 0.1) is 0 Å². The number of carboxylic acid groups (broad SMARTS) is 1. The van der Waals surface area contributed by atoms with E-state index in [0.29, 0.717) is 25.6 Å². The molecule has 1 fully saturated rings. The Kier molecular flexibility index (Phi) is 6.78. The van der Waals surface area contributed by atoms with E-state index >= 15 is 0 Å². The zero-order valence-electron chi connectivity index (χ0n) is 12.8. The number of carboxylic acids is 1. The van der Waals surface area contributed by atoms with E-state index in [1.165, 1.54) is 4.90 Å². The Labute approximate surface area is 121 Å². The first-order valence-electron chi connectivity index (χ1n) is 7.41. The standard InChI is InChI=1S/C14H27N3O3/c1-11(2)16(3)9-6-8-15-14(20)17-10-5-4-7-12(17)13(18)19/h11-12H,4-10H2,1-3H3,(H,15,20)(H,18,19). The molecule has 1 saturated heterocycles. The fourth-order valence-corrected chi connectivity index (χ4v) is 2.31. The number of hydrogen-bond donors (Lipinski definition) is 2. The summed E-state index contributed by atoms with van der Waals surface area (Å²) in [6.45, 7) is 6.29. The first-order valence-corrected chi connectivity index (χ1v) is 7.41. The maximum Gasteiger partial charge on any atom is 0.326 e. The number of carbonyl (C=O) groups is 2. The molecule has 20 heavy (non-hydrogen) atoms. The molecule has 0 aromatic heterocycles. The van der Waals surface area contributed by atoms with Crippen molar-refractivity contribution in [3.05, 3.63) is 0 Å². The number of carbonyl (C=O) groups excluding carboxylic acids is 1. The van der Waals surface area contributed by atoms with E-state index in [1.807, 2.05) is 0 Å². The predicted molar refractivity (Wildman–Crippen MR) is 77.8 cm³/mol. The molecular formula is C14H27N3O3. The van der Waals surface area contributed by atoms with Gasteiger partial charge in [-0.05, 0) is 53.1 Å². The fraction of sp³-hybridized carbons (Fsp3) is 0.857. The van der Waals surface area contributed by atoms with E-state index in [4.69, 9.17) is 5.11 Å². The topological polar surface area (TPSA) is 72.9 Å². The van der Waals surface area contributed by atoms with Gasteiger partial charge in [-0.15, -0.1) is 0 Å². The molecular weight excluding hydrogens is 258 g/mol. The Hall–Kier alpha value is -1.30. The molecule has 0 radical (unpaired) electrons. The van der Waals surface area contributed by atoms with Crippen molar-refractivity contribution in [2.45, 2.75) is 51.6 Å². The summed E-state index contributed by atoms with van der Waals surface area (Å²) in [5, 5.41) is 12.0. The van der Waals surface area contributed by atoms with Crippen molar-refractivity contribution in [3.63, 3.8) is 0 Å². The van der Waals surface area contributed by atoms with Gasteiger partial charge in [-0.2, -0.15) is 0 Å². The molecule has 1 unspecified atom stereocenters. The van der Waals surface area contributed by atoms with Gasteiger partial charge < -0.3 is 20.2 Å². The molecule has 0 aromatic rings. The summed E-state index contributed by atoms with van der Waals surface area (Å²) in [6, 6.07) is -0.421.